The third-order valence-corrected chi connectivity index (χ3v) is 2.68. The molecular weight excluding hydrogens is 261 g/mol. The first-order chi connectivity index (χ1) is 8.08. The maximum absolute atomic E-state index is 5.85. The van der Waals surface area contributed by atoms with E-state index in [0.29, 0.717) is 10.8 Å². The van der Waals surface area contributed by atoms with Gasteiger partial charge in [0.15, 0.2) is 5.15 Å². The molecule has 2 aromatic rings. The van der Waals surface area contributed by atoms with Gasteiger partial charge in [-0.25, -0.2) is 4.98 Å². The van der Waals surface area contributed by atoms with Gasteiger partial charge in [-0.1, -0.05) is 23.2 Å². The molecule has 0 aliphatic heterocycles. The Hall–Kier alpha value is -1.52. The van der Waals surface area contributed by atoms with Crippen LogP contribution in [0.3, 0.4) is 0 Å². The standard InChI is InChI=1S/C11H9Cl2N3O/c1-6-4-7(12)2-3-8(6)17-11-9(14)10(13)15-5-16-11/h2-5H,14H2,1H3. The van der Waals surface area contributed by atoms with Crippen molar-refractivity contribution in [1.82, 2.24) is 9.97 Å². The largest absolute Gasteiger partial charge is 0.437 e. The number of nitrogens with two attached hydrogens (primary N) is 1. The van der Waals surface area contributed by atoms with E-state index < -0.39 is 0 Å². The van der Waals surface area contributed by atoms with Gasteiger partial charge in [-0.15, -0.1) is 0 Å². The van der Waals surface area contributed by atoms with Gasteiger partial charge in [-0.05, 0) is 30.7 Å². The second kappa shape index (κ2) is 4.77. The number of anilines is 1. The van der Waals surface area contributed by atoms with E-state index in [2.05, 4.69) is 9.97 Å². The number of nitrogens with zero attached hydrogens (tertiary/aromatic N) is 2. The molecular formula is C11H9Cl2N3O. The van der Waals surface area contributed by atoms with Gasteiger partial charge >= 0.3 is 0 Å². The van der Waals surface area contributed by atoms with Crippen LogP contribution in [0.2, 0.25) is 10.2 Å². The van der Waals surface area contributed by atoms with E-state index in [9.17, 15) is 0 Å². The predicted molar refractivity (Wildman–Crippen MR) is 67.7 cm³/mol. The minimum Gasteiger partial charge on any atom is -0.437 e. The molecule has 0 atom stereocenters. The fourth-order valence-corrected chi connectivity index (χ4v) is 1.62. The lowest BCUT2D eigenvalue weighted by Gasteiger charge is -2.09. The average molecular weight is 270 g/mol. The summed E-state index contributed by atoms with van der Waals surface area (Å²) in [6.07, 6.45) is 1.29. The van der Waals surface area contributed by atoms with Crippen LogP contribution in [0.4, 0.5) is 5.69 Å². The average Bonchev–Trinajstić information content (AvgIpc) is 2.28. The first-order valence-corrected chi connectivity index (χ1v) is 5.53. The summed E-state index contributed by atoms with van der Waals surface area (Å²) in [4.78, 5) is 7.67. The van der Waals surface area contributed by atoms with Gasteiger partial charge in [-0.3, -0.25) is 0 Å². The highest BCUT2D eigenvalue weighted by molar-refractivity contribution is 6.32. The molecule has 1 aromatic carbocycles. The highest BCUT2D eigenvalue weighted by Gasteiger charge is 2.09. The van der Waals surface area contributed by atoms with Gasteiger partial charge in [0.25, 0.3) is 0 Å². The Bertz CT molecular complexity index is 560. The molecule has 0 aliphatic carbocycles. The molecule has 2 N–H and O–H groups in total. The Morgan fingerprint density at radius 1 is 1.24 bits per heavy atom. The zero-order valence-electron chi connectivity index (χ0n) is 8.95. The Balaban J connectivity index is 2.35. The Morgan fingerprint density at radius 2 is 2.00 bits per heavy atom. The maximum Gasteiger partial charge on any atom is 0.247 e. The van der Waals surface area contributed by atoms with Gasteiger partial charge in [0.1, 0.15) is 17.8 Å². The molecule has 1 aromatic heterocycles. The SMILES string of the molecule is Cc1cc(Cl)ccc1Oc1ncnc(Cl)c1N. The summed E-state index contributed by atoms with van der Waals surface area (Å²) in [7, 11) is 0. The molecule has 0 fully saturated rings. The Morgan fingerprint density at radius 3 is 2.71 bits per heavy atom. The third kappa shape index (κ3) is 2.60. The van der Waals surface area contributed by atoms with E-state index in [4.69, 9.17) is 33.7 Å². The summed E-state index contributed by atoms with van der Waals surface area (Å²) in [5, 5.41) is 0.810. The van der Waals surface area contributed by atoms with Crippen molar-refractivity contribution in [2.75, 3.05) is 5.73 Å². The van der Waals surface area contributed by atoms with E-state index in [0.717, 1.165) is 5.56 Å². The summed E-state index contributed by atoms with van der Waals surface area (Å²) in [6, 6.07) is 5.26. The number of halogens is 2. The lowest BCUT2D eigenvalue weighted by atomic mass is 10.2. The molecule has 0 aliphatic rings. The van der Waals surface area contributed by atoms with Gasteiger partial charge in [0, 0.05) is 5.02 Å². The highest BCUT2D eigenvalue weighted by atomic mass is 35.5. The van der Waals surface area contributed by atoms with Gasteiger partial charge < -0.3 is 10.5 Å². The van der Waals surface area contributed by atoms with Crippen molar-refractivity contribution in [3.63, 3.8) is 0 Å². The van der Waals surface area contributed by atoms with Crippen molar-refractivity contribution < 1.29 is 4.74 Å². The third-order valence-electron chi connectivity index (χ3n) is 2.14. The van der Waals surface area contributed by atoms with Gasteiger partial charge in [0.2, 0.25) is 5.88 Å². The molecule has 0 saturated carbocycles. The molecule has 0 amide bonds. The van der Waals surface area contributed by atoms with Crippen molar-refractivity contribution in [1.29, 1.82) is 0 Å². The number of benzene rings is 1. The fourth-order valence-electron chi connectivity index (χ4n) is 1.27. The summed E-state index contributed by atoms with van der Waals surface area (Å²) >= 11 is 11.6. The number of aromatic nitrogens is 2. The van der Waals surface area contributed by atoms with Gasteiger partial charge in [-0.2, -0.15) is 4.98 Å². The first-order valence-electron chi connectivity index (χ1n) is 4.78. The van der Waals surface area contributed by atoms with Crippen molar-refractivity contribution >= 4 is 28.9 Å². The van der Waals surface area contributed by atoms with Crippen LogP contribution < -0.4 is 10.5 Å². The van der Waals surface area contributed by atoms with E-state index in [1.807, 2.05) is 6.92 Å². The molecule has 17 heavy (non-hydrogen) atoms. The van der Waals surface area contributed by atoms with E-state index in [-0.39, 0.29) is 16.7 Å². The van der Waals surface area contributed by atoms with Crippen LogP contribution in [-0.2, 0) is 0 Å². The second-order valence-corrected chi connectivity index (χ2v) is 4.19. The Kier molecular flexibility index (Phi) is 3.36. The van der Waals surface area contributed by atoms with E-state index in [1.54, 1.807) is 18.2 Å². The maximum atomic E-state index is 5.85. The first kappa shape index (κ1) is 12.0. The number of hydrogen-bond acceptors (Lipinski definition) is 4. The summed E-state index contributed by atoms with van der Waals surface area (Å²) in [5.41, 5.74) is 6.80. The minimum atomic E-state index is 0.168. The monoisotopic (exact) mass is 269 g/mol. The van der Waals surface area contributed by atoms with Crippen LogP contribution in [0, 0.1) is 6.92 Å². The molecule has 4 nitrogen and oxygen atoms in total. The number of rotatable bonds is 2. The summed E-state index contributed by atoms with van der Waals surface area (Å²) in [5.74, 6) is 0.853. The van der Waals surface area contributed by atoms with Crippen molar-refractivity contribution in [2.24, 2.45) is 0 Å². The summed E-state index contributed by atoms with van der Waals surface area (Å²) < 4.78 is 5.56. The molecule has 6 heteroatoms. The highest BCUT2D eigenvalue weighted by Crippen LogP contribution is 2.31. The molecule has 0 bridgehead atoms. The zero-order valence-corrected chi connectivity index (χ0v) is 10.5. The predicted octanol–water partition coefficient (Wildman–Crippen LogP) is 3.47. The van der Waals surface area contributed by atoms with Crippen molar-refractivity contribution in [3.8, 4) is 11.6 Å². The zero-order chi connectivity index (χ0) is 12.4. The smallest absolute Gasteiger partial charge is 0.247 e. The number of ether oxygens (including phenoxy) is 1. The molecule has 2 rings (SSSR count). The number of hydrogen-bond donors (Lipinski definition) is 1. The lowest BCUT2D eigenvalue weighted by Crippen LogP contribution is -1.98. The van der Waals surface area contributed by atoms with Gasteiger partial charge in [0.05, 0.1) is 0 Å². The van der Waals surface area contributed by atoms with E-state index in [1.165, 1.54) is 6.33 Å². The molecule has 0 saturated heterocycles. The van der Waals surface area contributed by atoms with Crippen LogP contribution in [0.1, 0.15) is 5.56 Å². The molecule has 0 radical (unpaired) electrons. The summed E-state index contributed by atoms with van der Waals surface area (Å²) in [6.45, 7) is 1.88. The molecule has 88 valence electrons. The fraction of sp³-hybridized carbons (Fsp3) is 0.0909. The molecule has 1 heterocycles. The lowest BCUT2D eigenvalue weighted by molar-refractivity contribution is 0.461. The number of nitrogen functional groups attached to an aromatic ring is 1. The quantitative estimate of drug-likeness (QED) is 0.849. The molecule has 0 unspecified atom stereocenters. The second-order valence-electron chi connectivity index (χ2n) is 3.40. The Labute approximate surface area is 108 Å². The van der Waals surface area contributed by atoms with Crippen LogP contribution in [0.5, 0.6) is 11.6 Å². The van der Waals surface area contributed by atoms with E-state index >= 15 is 0 Å². The normalized spacial score (nSPS) is 10.3. The van der Waals surface area contributed by atoms with Crippen LogP contribution >= 0.6 is 23.2 Å². The van der Waals surface area contributed by atoms with Crippen LogP contribution in [-0.4, -0.2) is 9.97 Å². The van der Waals surface area contributed by atoms with Crippen molar-refractivity contribution in [3.05, 3.63) is 40.3 Å². The van der Waals surface area contributed by atoms with Crippen LogP contribution in [0.25, 0.3) is 0 Å². The van der Waals surface area contributed by atoms with Crippen LogP contribution in [0.15, 0.2) is 24.5 Å². The minimum absolute atomic E-state index is 0.168. The van der Waals surface area contributed by atoms with Crippen molar-refractivity contribution in [2.45, 2.75) is 6.92 Å². The number of aryl methyl sites for hydroxylation is 1. The molecule has 0 spiro atoms. The topological polar surface area (TPSA) is 61.0 Å².